The van der Waals surface area contributed by atoms with Gasteiger partial charge in [0.1, 0.15) is 11.6 Å². The van der Waals surface area contributed by atoms with Crippen molar-refractivity contribution in [2.45, 2.75) is 26.9 Å². The minimum absolute atomic E-state index is 0.0159. The highest BCUT2D eigenvalue weighted by Crippen LogP contribution is 2.18. The summed E-state index contributed by atoms with van der Waals surface area (Å²) in [6.07, 6.45) is 2.93. The van der Waals surface area contributed by atoms with Gasteiger partial charge in [-0.3, -0.25) is 9.78 Å². The molecule has 0 spiro atoms. The number of carbonyl (C=O) groups excluding carboxylic acids is 1. The lowest BCUT2D eigenvalue weighted by Crippen LogP contribution is -2.09. The molecule has 0 atom stereocenters. The molecule has 0 bridgehead atoms. The maximum Gasteiger partial charge on any atom is 0.197 e. The Balaban J connectivity index is 2.35. The van der Waals surface area contributed by atoms with Crippen LogP contribution in [0.25, 0.3) is 0 Å². The third-order valence-electron chi connectivity index (χ3n) is 2.71. The fraction of sp³-hybridized carbons (Fsp3) is 0.250. The number of nitrogens with zero attached hydrogens (tertiary/aromatic N) is 1. The first kappa shape index (κ1) is 14.2. The fourth-order valence-corrected chi connectivity index (χ4v) is 1.85. The number of aryl methyl sites for hydroxylation is 1. The zero-order valence-electron chi connectivity index (χ0n) is 11.7. The molecular weight excluding hydrogens is 257 g/mol. The number of hydrogen-bond donors (Lipinski definition) is 0. The SMILES string of the molecule is Cc1ccc(F)c(C(=O)c2cncc(OC(C)C)c2)c1. The monoisotopic (exact) mass is 273 g/mol. The van der Waals surface area contributed by atoms with E-state index in [0.29, 0.717) is 11.3 Å². The van der Waals surface area contributed by atoms with Crippen LogP contribution in [-0.2, 0) is 0 Å². The van der Waals surface area contributed by atoms with Crippen LogP contribution in [0.1, 0.15) is 35.3 Å². The van der Waals surface area contributed by atoms with Gasteiger partial charge >= 0.3 is 0 Å². The molecule has 0 aliphatic rings. The lowest BCUT2D eigenvalue weighted by Gasteiger charge is -2.10. The molecule has 2 aromatic rings. The summed E-state index contributed by atoms with van der Waals surface area (Å²) >= 11 is 0. The summed E-state index contributed by atoms with van der Waals surface area (Å²) in [5.41, 5.74) is 1.19. The summed E-state index contributed by atoms with van der Waals surface area (Å²) in [5.74, 6) is -0.428. The average Bonchev–Trinajstić information content (AvgIpc) is 2.40. The van der Waals surface area contributed by atoms with E-state index in [0.717, 1.165) is 5.56 Å². The Hall–Kier alpha value is -2.23. The molecule has 0 unspecified atom stereocenters. The highest BCUT2D eigenvalue weighted by molar-refractivity contribution is 6.09. The number of halogens is 1. The van der Waals surface area contributed by atoms with E-state index in [4.69, 9.17) is 4.74 Å². The molecule has 1 aromatic heterocycles. The maximum absolute atomic E-state index is 13.7. The van der Waals surface area contributed by atoms with Gasteiger partial charge < -0.3 is 4.74 Å². The van der Waals surface area contributed by atoms with Gasteiger partial charge in [-0.15, -0.1) is 0 Å². The number of pyridine rings is 1. The first-order chi connectivity index (χ1) is 9.47. The Morgan fingerprint density at radius 2 is 2.00 bits per heavy atom. The minimum atomic E-state index is -0.532. The van der Waals surface area contributed by atoms with Crippen LogP contribution in [0.15, 0.2) is 36.7 Å². The number of rotatable bonds is 4. The van der Waals surface area contributed by atoms with E-state index >= 15 is 0 Å². The summed E-state index contributed by atoms with van der Waals surface area (Å²) in [4.78, 5) is 16.3. The molecule has 0 aliphatic heterocycles. The van der Waals surface area contributed by atoms with Crippen LogP contribution in [0.5, 0.6) is 5.75 Å². The molecule has 0 saturated heterocycles. The lowest BCUT2D eigenvalue weighted by atomic mass is 10.0. The van der Waals surface area contributed by atoms with Crippen molar-refractivity contribution in [1.29, 1.82) is 0 Å². The fourth-order valence-electron chi connectivity index (χ4n) is 1.85. The van der Waals surface area contributed by atoms with Crippen LogP contribution < -0.4 is 4.74 Å². The smallest absolute Gasteiger partial charge is 0.197 e. The second-order valence-electron chi connectivity index (χ2n) is 4.89. The van der Waals surface area contributed by atoms with E-state index in [1.807, 2.05) is 20.8 Å². The standard InChI is InChI=1S/C16H16FNO2/c1-10(2)20-13-7-12(8-18-9-13)16(19)14-6-11(3)4-5-15(14)17/h4-10H,1-3H3. The van der Waals surface area contributed by atoms with Crippen LogP contribution in [-0.4, -0.2) is 16.9 Å². The molecule has 4 heteroatoms. The second-order valence-corrected chi connectivity index (χ2v) is 4.89. The van der Waals surface area contributed by atoms with E-state index in [1.54, 1.807) is 12.1 Å². The molecule has 0 radical (unpaired) electrons. The summed E-state index contributed by atoms with van der Waals surface area (Å²) in [6, 6.07) is 6.04. The maximum atomic E-state index is 13.7. The van der Waals surface area contributed by atoms with E-state index in [2.05, 4.69) is 4.98 Å². The van der Waals surface area contributed by atoms with Crippen LogP contribution >= 0.6 is 0 Å². The van der Waals surface area contributed by atoms with Crippen molar-refractivity contribution >= 4 is 5.78 Å². The first-order valence-electron chi connectivity index (χ1n) is 6.40. The lowest BCUT2D eigenvalue weighted by molar-refractivity contribution is 0.103. The summed E-state index contributed by atoms with van der Waals surface area (Å²) in [7, 11) is 0. The van der Waals surface area contributed by atoms with Crippen molar-refractivity contribution in [3.8, 4) is 5.75 Å². The molecule has 3 nitrogen and oxygen atoms in total. The molecule has 1 aromatic carbocycles. The van der Waals surface area contributed by atoms with Gasteiger partial charge in [0, 0.05) is 11.8 Å². The molecule has 0 N–H and O–H groups in total. The van der Waals surface area contributed by atoms with Gasteiger partial charge in [-0.1, -0.05) is 11.6 Å². The van der Waals surface area contributed by atoms with Gasteiger partial charge in [0.05, 0.1) is 17.9 Å². The van der Waals surface area contributed by atoms with Crippen LogP contribution in [0.4, 0.5) is 4.39 Å². The quantitative estimate of drug-likeness (QED) is 0.800. The molecule has 0 amide bonds. The molecule has 20 heavy (non-hydrogen) atoms. The Morgan fingerprint density at radius 1 is 1.25 bits per heavy atom. The van der Waals surface area contributed by atoms with Gasteiger partial charge in [-0.05, 0) is 39.0 Å². The molecule has 1 heterocycles. The molecule has 104 valence electrons. The Bertz CT molecular complexity index is 638. The molecule has 0 saturated carbocycles. The summed E-state index contributed by atoms with van der Waals surface area (Å²) in [6.45, 7) is 5.58. The van der Waals surface area contributed by atoms with Crippen molar-refractivity contribution in [2.75, 3.05) is 0 Å². The zero-order valence-corrected chi connectivity index (χ0v) is 11.7. The minimum Gasteiger partial charge on any atom is -0.489 e. The van der Waals surface area contributed by atoms with Gasteiger partial charge in [-0.25, -0.2) is 4.39 Å². The number of carbonyl (C=O) groups is 1. The summed E-state index contributed by atoms with van der Waals surface area (Å²) in [5, 5.41) is 0. The van der Waals surface area contributed by atoms with E-state index in [1.165, 1.54) is 24.5 Å². The average molecular weight is 273 g/mol. The van der Waals surface area contributed by atoms with Crippen molar-refractivity contribution in [3.63, 3.8) is 0 Å². The van der Waals surface area contributed by atoms with Gasteiger partial charge in [0.25, 0.3) is 0 Å². The highest BCUT2D eigenvalue weighted by Gasteiger charge is 2.15. The van der Waals surface area contributed by atoms with Crippen molar-refractivity contribution < 1.29 is 13.9 Å². The molecule has 2 rings (SSSR count). The molecular formula is C16H16FNO2. The van der Waals surface area contributed by atoms with Crippen molar-refractivity contribution in [1.82, 2.24) is 4.98 Å². The van der Waals surface area contributed by atoms with Crippen LogP contribution in [0, 0.1) is 12.7 Å². The van der Waals surface area contributed by atoms with Crippen LogP contribution in [0.3, 0.4) is 0 Å². The number of ether oxygens (including phenoxy) is 1. The third kappa shape index (κ3) is 3.20. The van der Waals surface area contributed by atoms with Crippen LogP contribution in [0.2, 0.25) is 0 Å². The Labute approximate surface area is 117 Å². The Morgan fingerprint density at radius 3 is 2.70 bits per heavy atom. The molecule has 0 fully saturated rings. The molecule has 0 aliphatic carbocycles. The van der Waals surface area contributed by atoms with Crippen molar-refractivity contribution in [3.05, 3.63) is 59.2 Å². The first-order valence-corrected chi connectivity index (χ1v) is 6.40. The van der Waals surface area contributed by atoms with Gasteiger partial charge in [0.15, 0.2) is 5.78 Å². The number of ketones is 1. The topological polar surface area (TPSA) is 39.2 Å². The predicted octanol–water partition coefficient (Wildman–Crippen LogP) is 3.55. The van der Waals surface area contributed by atoms with Gasteiger partial charge in [0.2, 0.25) is 0 Å². The largest absolute Gasteiger partial charge is 0.489 e. The normalized spacial score (nSPS) is 10.7. The number of hydrogen-bond acceptors (Lipinski definition) is 3. The summed E-state index contributed by atoms with van der Waals surface area (Å²) < 4.78 is 19.2. The highest BCUT2D eigenvalue weighted by atomic mass is 19.1. The van der Waals surface area contributed by atoms with E-state index in [9.17, 15) is 9.18 Å². The van der Waals surface area contributed by atoms with Gasteiger partial charge in [-0.2, -0.15) is 0 Å². The third-order valence-corrected chi connectivity index (χ3v) is 2.71. The Kier molecular flexibility index (Phi) is 4.13. The zero-order chi connectivity index (χ0) is 14.7. The van der Waals surface area contributed by atoms with E-state index in [-0.39, 0.29) is 11.7 Å². The van der Waals surface area contributed by atoms with Crippen molar-refractivity contribution in [2.24, 2.45) is 0 Å². The number of aromatic nitrogens is 1. The second kappa shape index (κ2) is 5.82. The predicted molar refractivity (Wildman–Crippen MR) is 74.6 cm³/mol. The van der Waals surface area contributed by atoms with E-state index < -0.39 is 11.6 Å². The number of benzene rings is 1.